The summed E-state index contributed by atoms with van der Waals surface area (Å²) in [5, 5.41) is 11.0. The maximum atomic E-state index is 11.0. The molecule has 1 aromatic carbocycles. The van der Waals surface area contributed by atoms with E-state index in [-0.39, 0.29) is 28.2 Å². The number of nitro groups is 1. The van der Waals surface area contributed by atoms with Crippen LogP contribution in [0.4, 0.5) is 11.5 Å². The predicted octanol–water partition coefficient (Wildman–Crippen LogP) is 2.42. The molecule has 0 saturated heterocycles. The van der Waals surface area contributed by atoms with Gasteiger partial charge >= 0.3 is 5.69 Å². The van der Waals surface area contributed by atoms with Gasteiger partial charge < -0.3 is 15.2 Å². The van der Waals surface area contributed by atoms with E-state index in [1.165, 1.54) is 25.3 Å². The molecule has 2 aromatic rings. The number of halogens is 1. The molecular weight excluding hydrogens is 288 g/mol. The standard InChI is InChI=1S/C11H9ClN4O4/c1-19-6-2-3-8(7(4-6)16(17)18)20-11-9(12)10(13)14-5-15-11/h2-5H,1H3,(H2,13,14,15). The van der Waals surface area contributed by atoms with Crippen LogP contribution in [-0.4, -0.2) is 22.0 Å². The maximum absolute atomic E-state index is 11.0. The first-order valence-electron chi connectivity index (χ1n) is 5.29. The number of ether oxygens (including phenoxy) is 2. The van der Waals surface area contributed by atoms with Crippen molar-refractivity contribution in [3.8, 4) is 17.4 Å². The first kappa shape index (κ1) is 13.8. The molecule has 0 aliphatic heterocycles. The largest absolute Gasteiger partial charge is 0.496 e. The highest BCUT2D eigenvalue weighted by Gasteiger charge is 2.19. The van der Waals surface area contributed by atoms with Gasteiger partial charge in [-0.25, -0.2) is 4.98 Å². The fraction of sp³-hybridized carbons (Fsp3) is 0.0909. The van der Waals surface area contributed by atoms with E-state index in [9.17, 15) is 10.1 Å². The van der Waals surface area contributed by atoms with E-state index < -0.39 is 4.92 Å². The molecule has 2 rings (SSSR count). The van der Waals surface area contributed by atoms with Gasteiger partial charge in [0, 0.05) is 0 Å². The molecule has 2 N–H and O–H groups in total. The molecule has 0 radical (unpaired) electrons. The summed E-state index contributed by atoms with van der Waals surface area (Å²) in [7, 11) is 1.40. The minimum atomic E-state index is -0.601. The summed E-state index contributed by atoms with van der Waals surface area (Å²) < 4.78 is 10.2. The topological polar surface area (TPSA) is 113 Å². The zero-order valence-corrected chi connectivity index (χ0v) is 11.0. The second-order valence-corrected chi connectivity index (χ2v) is 3.95. The summed E-state index contributed by atoms with van der Waals surface area (Å²) in [6.07, 6.45) is 1.14. The van der Waals surface area contributed by atoms with Gasteiger partial charge in [0.25, 0.3) is 0 Å². The molecule has 20 heavy (non-hydrogen) atoms. The first-order chi connectivity index (χ1) is 9.52. The van der Waals surface area contributed by atoms with Crippen LogP contribution in [0.25, 0.3) is 0 Å². The number of aromatic nitrogens is 2. The molecule has 104 valence electrons. The van der Waals surface area contributed by atoms with Crippen molar-refractivity contribution in [2.24, 2.45) is 0 Å². The van der Waals surface area contributed by atoms with E-state index in [1.807, 2.05) is 0 Å². The minimum absolute atomic E-state index is 0.0161. The van der Waals surface area contributed by atoms with Gasteiger partial charge in [0.1, 0.15) is 22.9 Å². The van der Waals surface area contributed by atoms with Gasteiger partial charge in [-0.05, 0) is 12.1 Å². The second kappa shape index (κ2) is 5.57. The smallest absolute Gasteiger partial charge is 0.315 e. The highest BCUT2D eigenvalue weighted by molar-refractivity contribution is 6.34. The number of nitrogens with two attached hydrogens (primary N) is 1. The van der Waals surface area contributed by atoms with E-state index in [0.29, 0.717) is 5.75 Å². The summed E-state index contributed by atoms with van der Waals surface area (Å²) in [5.41, 5.74) is 5.22. The molecule has 0 unspecified atom stereocenters. The molecule has 0 saturated carbocycles. The van der Waals surface area contributed by atoms with Gasteiger partial charge in [-0.2, -0.15) is 4.98 Å². The van der Waals surface area contributed by atoms with E-state index in [2.05, 4.69) is 9.97 Å². The van der Waals surface area contributed by atoms with E-state index in [0.717, 1.165) is 6.33 Å². The quantitative estimate of drug-likeness (QED) is 0.680. The van der Waals surface area contributed by atoms with Crippen molar-refractivity contribution >= 4 is 23.1 Å². The van der Waals surface area contributed by atoms with Crippen LogP contribution in [-0.2, 0) is 0 Å². The number of nitrogen functional groups attached to an aromatic ring is 1. The number of benzene rings is 1. The Kier molecular flexibility index (Phi) is 3.85. The highest BCUT2D eigenvalue weighted by atomic mass is 35.5. The van der Waals surface area contributed by atoms with Crippen LogP contribution in [0.5, 0.6) is 17.4 Å². The second-order valence-electron chi connectivity index (χ2n) is 3.57. The number of rotatable bonds is 4. The molecule has 0 amide bonds. The molecule has 8 nitrogen and oxygen atoms in total. The Hall–Kier alpha value is -2.61. The molecule has 9 heteroatoms. The van der Waals surface area contributed by atoms with Crippen LogP contribution in [0.3, 0.4) is 0 Å². The van der Waals surface area contributed by atoms with Crippen LogP contribution in [0.2, 0.25) is 5.02 Å². The summed E-state index contributed by atoms with van der Waals surface area (Å²) in [5.74, 6) is 0.258. The number of hydrogen-bond acceptors (Lipinski definition) is 7. The molecule has 0 atom stereocenters. The van der Waals surface area contributed by atoms with Crippen LogP contribution in [0, 0.1) is 10.1 Å². The van der Waals surface area contributed by atoms with Gasteiger partial charge in [0.15, 0.2) is 0 Å². The number of hydrogen-bond donors (Lipinski definition) is 1. The monoisotopic (exact) mass is 296 g/mol. The van der Waals surface area contributed by atoms with E-state index in [1.54, 1.807) is 0 Å². The zero-order chi connectivity index (χ0) is 14.7. The number of nitro benzene ring substituents is 1. The Labute approximate surface area is 118 Å². The van der Waals surface area contributed by atoms with Crippen molar-refractivity contribution in [2.75, 3.05) is 12.8 Å². The van der Waals surface area contributed by atoms with Crippen LogP contribution >= 0.6 is 11.6 Å². The molecule has 0 aliphatic rings. The van der Waals surface area contributed by atoms with Crippen LogP contribution in [0.15, 0.2) is 24.5 Å². The molecule has 0 fully saturated rings. The van der Waals surface area contributed by atoms with Crippen LogP contribution < -0.4 is 15.2 Å². The normalized spacial score (nSPS) is 10.1. The van der Waals surface area contributed by atoms with Crippen molar-refractivity contribution < 1.29 is 14.4 Å². The first-order valence-corrected chi connectivity index (χ1v) is 5.67. The molecular formula is C11H9ClN4O4. The summed E-state index contributed by atoms with van der Waals surface area (Å²) >= 11 is 5.86. The lowest BCUT2D eigenvalue weighted by molar-refractivity contribution is -0.385. The van der Waals surface area contributed by atoms with Crippen molar-refractivity contribution in [1.82, 2.24) is 9.97 Å². The van der Waals surface area contributed by atoms with Gasteiger partial charge in [-0.15, -0.1) is 0 Å². The van der Waals surface area contributed by atoms with Gasteiger partial charge in [0.2, 0.25) is 11.6 Å². The molecule has 0 aliphatic carbocycles. The molecule has 1 heterocycles. The number of methoxy groups -OCH3 is 1. The highest BCUT2D eigenvalue weighted by Crippen LogP contribution is 2.36. The fourth-order valence-electron chi connectivity index (χ4n) is 1.39. The lowest BCUT2D eigenvalue weighted by Gasteiger charge is -2.08. The third-order valence-electron chi connectivity index (χ3n) is 2.35. The average Bonchev–Trinajstić information content (AvgIpc) is 2.44. The van der Waals surface area contributed by atoms with E-state index >= 15 is 0 Å². The van der Waals surface area contributed by atoms with Crippen molar-refractivity contribution in [2.45, 2.75) is 0 Å². The fourth-order valence-corrected chi connectivity index (χ4v) is 1.53. The third kappa shape index (κ3) is 2.69. The zero-order valence-electron chi connectivity index (χ0n) is 10.2. The Morgan fingerprint density at radius 1 is 1.40 bits per heavy atom. The summed E-state index contributed by atoms with van der Waals surface area (Å²) in [6.45, 7) is 0. The third-order valence-corrected chi connectivity index (χ3v) is 2.71. The van der Waals surface area contributed by atoms with E-state index in [4.69, 9.17) is 26.8 Å². The Morgan fingerprint density at radius 2 is 2.15 bits per heavy atom. The number of anilines is 1. The maximum Gasteiger partial charge on any atom is 0.315 e. The van der Waals surface area contributed by atoms with Crippen LogP contribution in [0.1, 0.15) is 0 Å². The van der Waals surface area contributed by atoms with Gasteiger partial charge in [-0.3, -0.25) is 10.1 Å². The van der Waals surface area contributed by atoms with Gasteiger partial charge in [-0.1, -0.05) is 11.6 Å². The van der Waals surface area contributed by atoms with Crippen molar-refractivity contribution in [3.05, 3.63) is 39.7 Å². The Morgan fingerprint density at radius 3 is 2.80 bits per heavy atom. The van der Waals surface area contributed by atoms with Gasteiger partial charge in [0.05, 0.1) is 18.1 Å². The molecule has 1 aromatic heterocycles. The number of nitrogens with zero attached hydrogens (tertiary/aromatic N) is 3. The lowest BCUT2D eigenvalue weighted by atomic mass is 10.3. The average molecular weight is 297 g/mol. The summed E-state index contributed by atoms with van der Waals surface area (Å²) in [6, 6.07) is 4.13. The minimum Gasteiger partial charge on any atom is -0.496 e. The van der Waals surface area contributed by atoms with Crippen molar-refractivity contribution in [1.29, 1.82) is 0 Å². The molecule has 0 bridgehead atoms. The predicted molar refractivity (Wildman–Crippen MR) is 71.2 cm³/mol. The summed E-state index contributed by atoms with van der Waals surface area (Å²) in [4.78, 5) is 17.9. The lowest BCUT2D eigenvalue weighted by Crippen LogP contribution is -1.99. The SMILES string of the molecule is COc1ccc(Oc2ncnc(N)c2Cl)c([N+](=O)[O-])c1. The Balaban J connectivity index is 2.43. The molecule has 0 spiro atoms. The Bertz CT molecular complexity index is 665. The van der Waals surface area contributed by atoms with Crippen molar-refractivity contribution in [3.63, 3.8) is 0 Å².